The predicted octanol–water partition coefficient (Wildman–Crippen LogP) is 4.51. The molecule has 1 N–H and O–H groups in total. The van der Waals surface area contributed by atoms with Gasteiger partial charge in [-0.1, -0.05) is 26.0 Å². The molecule has 0 heterocycles. The van der Waals surface area contributed by atoms with Gasteiger partial charge in [-0.15, -0.1) is 0 Å². The summed E-state index contributed by atoms with van der Waals surface area (Å²) in [5.74, 6) is 0.0579. The number of nitrogens with zero attached hydrogens (tertiary/aromatic N) is 1. The summed E-state index contributed by atoms with van der Waals surface area (Å²) in [5, 5.41) is 2.68. The molecule has 0 fully saturated rings. The van der Waals surface area contributed by atoms with Crippen LogP contribution in [0.2, 0.25) is 0 Å². The minimum absolute atomic E-state index is 0.0579. The molecule has 0 bridgehead atoms. The molecule has 5 nitrogen and oxygen atoms in total. The second-order valence-corrected chi connectivity index (χ2v) is 8.84. The Morgan fingerprint density at radius 2 is 1.68 bits per heavy atom. The van der Waals surface area contributed by atoms with Gasteiger partial charge in [0.05, 0.1) is 6.54 Å². The lowest BCUT2D eigenvalue weighted by Gasteiger charge is -2.19. The van der Waals surface area contributed by atoms with Gasteiger partial charge in [-0.25, -0.2) is 4.79 Å². The van der Waals surface area contributed by atoms with Crippen LogP contribution < -0.4 is 5.32 Å². The molecule has 138 valence electrons. The number of hydrogen-bond acceptors (Lipinski definition) is 5. The van der Waals surface area contributed by atoms with Crippen molar-refractivity contribution in [1.82, 2.24) is 0 Å². The number of anilines is 1. The zero-order chi connectivity index (χ0) is 19.3. The number of Topliss-reactive ketones (excluding diaryl/α,β-unsaturated/α-hetero) is 1. The summed E-state index contributed by atoms with van der Waals surface area (Å²) in [6.45, 7) is 11.2. The highest BCUT2D eigenvalue weighted by Gasteiger charge is 2.17. The van der Waals surface area contributed by atoms with Gasteiger partial charge in [0.2, 0.25) is 0 Å². The first-order valence-corrected chi connectivity index (χ1v) is 8.66. The summed E-state index contributed by atoms with van der Waals surface area (Å²) < 4.78 is 4.88. The van der Waals surface area contributed by atoms with Crippen molar-refractivity contribution in [2.45, 2.75) is 58.3 Å². The molecule has 0 atom stereocenters. The van der Waals surface area contributed by atoms with E-state index in [1.165, 1.54) is 0 Å². The highest BCUT2D eigenvalue weighted by molar-refractivity contribution is 7.81. The molecule has 1 aromatic rings. The minimum atomic E-state index is -0.540. The predicted molar refractivity (Wildman–Crippen MR) is 106 cm³/mol. The smallest absolute Gasteiger partial charge is 0.412 e. The summed E-state index contributed by atoms with van der Waals surface area (Å²) in [4.78, 5) is 27.9. The fourth-order valence-corrected chi connectivity index (χ4v) is 2.23. The third kappa shape index (κ3) is 9.29. The molecule has 0 radical (unpaired) electrons. The van der Waals surface area contributed by atoms with Gasteiger partial charge in [0.15, 0.2) is 5.78 Å². The Kier molecular flexibility index (Phi) is 7.23. The number of hydrogen-bond donors (Lipinski definition) is 2. The van der Waals surface area contributed by atoms with Gasteiger partial charge in [-0.2, -0.15) is 12.6 Å². The van der Waals surface area contributed by atoms with Crippen molar-refractivity contribution in [3.05, 3.63) is 29.8 Å². The highest BCUT2D eigenvalue weighted by Crippen LogP contribution is 2.17. The fourth-order valence-electron chi connectivity index (χ4n) is 2.05. The summed E-state index contributed by atoms with van der Waals surface area (Å²) in [5.41, 5.74) is 1.77. The first-order chi connectivity index (χ1) is 11.4. The van der Waals surface area contributed by atoms with Crippen LogP contribution in [-0.4, -0.2) is 34.5 Å². The van der Waals surface area contributed by atoms with Crippen molar-refractivity contribution in [3.8, 4) is 0 Å². The Morgan fingerprint density at radius 1 is 1.12 bits per heavy atom. The van der Waals surface area contributed by atoms with Gasteiger partial charge in [0.25, 0.3) is 0 Å². The number of thiol groups is 1. The van der Waals surface area contributed by atoms with Crippen LogP contribution in [0.25, 0.3) is 0 Å². The standard InChI is InChI=1S/C19H28N2O3S/c1-13(20-12-16(22)11-19(5,6)25)14-7-9-15(10-8-14)21-17(23)24-18(2,3)4/h7-10,25H,11-12H2,1-6H3,(H,21,23). The Balaban J connectivity index is 2.64. The first-order valence-electron chi connectivity index (χ1n) is 8.21. The summed E-state index contributed by atoms with van der Waals surface area (Å²) in [6, 6.07) is 7.24. The molecule has 6 heteroatoms. The van der Waals surface area contributed by atoms with Gasteiger partial charge >= 0.3 is 6.09 Å². The van der Waals surface area contributed by atoms with Crippen LogP contribution in [0.5, 0.6) is 0 Å². The number of aliphatic imine (C=N–C) groups is 1. The molecule has 0 spiro atoms. The molecular formula is C19H28N2O3S. The quantitative estimate of drug-likeness (QED) is 0.576. The average molecular weight is 365 g/mol. The topological polar surface area (TPSA) is 67.8 Å². The number of benzene rings is 1. The molecule has 0 aliphatic carbocycles. The second-order valence-electron chi connectivity index (χ2n) is 7.63. The Morgan fingerprint density at radius 3 is 2.16 bits per heavy atom. The number of amides is 1. The molecule has 0 aromatic heterocycles. The van der Waals surface area contributed by atoms with E-state index in [4.69, 9.17) is 4.74 Å². The molecule has 0 saturated carbocycles. The van der Waals surface area contributed by atoms with Crippen LogP contribution >= 0.6 is 12.6 Å². The monoisotopic (exact) mass is 364 g/mol. The first kappa shape index (κ1) is 21.2. The van der Waals surface area contributed by atoms with Gasteiger partial charge in [0, 0.05) is 22.6 Å². The second kappa shape index (κ2) is 8.52. The summed E-state index contributed by atoms with van der Waals surface area (Å²) >= 11 is 4.36. The number of carbonyl (C=O) groups is 2. The van der Waals surface area contributed by atoms with Crippen molar-refractivity contribution in [1.29, 1.82) is 0 Å². The number of carbonyl (C=O) groups excluding carboxylic acids is 2. The van der Waals surface area contributed by atoms with Gasteiger partial charge in [-0.05, 0) is 45.4 Å². The van der Waals surface area contributed by atoms with E-state index < -0.39 is 11.7 Å². The van der Waals surface area contributed by atoms with Crippen molar-refractivity contribution in [2.75, 3.05) is 11.9 Å². The van der Waals surface area contributed by atoms with Crippen molar-refractivity contribution in [2.24, 2.45) is 4.99 Å². The Hall–Kier alpha value is -1.82. The zero-order valence-electron chi connectivity index (χ0n) is 15.8. The minimum Gasteiger partial charge on any atom is -0.444 e. The lowest BCUT2D eigenvalue weighted by Crippen LogP contribution is -2.27. The van der Waals surface area contributed by atoms with Crippen LogP contribution in [-0.2, 0) is 9.53 Å². The van der Waals surface area contributed by atoms with Gasteiger partial charge in [-0.3, -0.25) is 15.1 Å². The molecule has 0 aliphatic rings. The van der Waals surface area contributed by atoms with Gasteiger partial charge in [0.1, 0.15) is 5.60 Å². The molecule has 1 rings (SSSR count). The highest BCUT2D eigenvalue weighted by atomic mass is 32.1. The van der Waals surface area contributed by atoms with E-state index in [9.17, 15) is 9.59 Å². The van der Waals surface area contributed by atoms with Gasteiger partial charge < -0.3 is 4.74 Å². The summed E-state index contributed by atoms with van der Waals surface area (Å²) in [7, 11) is 0. The largest absolute Gasteiger partial charge is 0.444 e. The molecule has 1 amide bonds. The molecule has 0 aliphatic heterocycles. The van der Waals surface area contributed by atoms with E-state index in [0.717, 1.165) is 11.3 Å². The van der Waals surface area contributed by atoms with Crippen LogP contribution in [0.1, 0.15) is 53.5 Å². The van der Waals surface area contributed by atoms with E-state index in [-0.39, 0.29) is 17.1 Å². The van der Waals surface area contributed by atoms with E-state index in [0.29, 0.717) is 12.1 Å². The molecule has 25 heavy (non-hydrogen) atoms. The van der Waals surface area contributed by atoms with E-state index >= 15 is 0 Å². The third-order valence-electron chi connectivity index (χ3n) is 3.07. The lowest BCUT2D eigenvalue weighted by molar-refractivity contribution is -0.118. The van der Waals surface area contributed by atoms with E-state index in [1.807, 2.05) is 53.7 Å². The number of rotatable bonds is 6. The zero-order valence-corrected chi connectivity index (χ0v) is 16.7. The molecular weight excluding hydrogens is 336 g/mol. The average Bonchev–Trinajstić information content (AvgIpc) is 2.41. The van der Waals surface area contributed by atoms with E-state index in [2.05, 4.69) is 22.9 Å². The fraction of sp³-hybridized carbons (Fsp3) is 0.526. The maximum absolute atomic E-state index is 11.9. The van der Waals surface area contributed by atoms with Crippen molar-refractivity contribution in [3.63, 3.8) is 0 Å². The number of ether oxygens (including phenoxy) is 1. The number of ketones is 1. The molecule has 1 aromatic carbocycles. The maximum atomic E-state index is 11.9. The van der Waals surface area contributed by atoms with Crippen LogP contribution in [0.15, 0.2) is 29.3 Å². The van der Waals surface area contributed by atoms with Crippen molar-refractivity contribution < 1.29 is 14.3 Å². The van der Waals surface area contributed by atoms with E-state index in [1.54, 1.807) is 12.1 Å². The lowest BCUT2D eigenvalue weighted by atomic mass is 10.1. The SMILES string of the molecule is CC(=NCC(=O)CC(C)(C)S)c1ccc(NC(=O)OC(C)(C)C)cc1. The Labute approximate surface area is 155 Å². The van der Waals surface area contributed by atoms with Crippen molar-refractivity contribution >= 4 is 35.9 Å². The Bertz CT molecular complexity index is 638. The summed E-state index contributed by atoms with van der Waals surface area (Å²) in [6.07, 6.45) is -0.114. The maximum Gasteiger partial charge on any atom is 0.412 e. The normalized spacial score (nSPS) is 12.7. The van der Waals surface area contributed by atoms with Crippen LogP contribution in [0.3, 0.4) is 0 Å². The van der Waals surface area contributed by atoms with Crippen LogP contribution in [0, 0.1) is 0 Å². The molecule has 0 saturated heterocycles. The molecule has 0 unspecified atom stereocenters. The number of nitrogens with one attached hydrogen (secondary N) is 1. The van der Waals surface area contributed by atoms with Crippen LogP contribution in [0.4, 0.5) is 10.5 Å². The third-order valence-corrected chi connectivity index (χ3v) is 3.23.